The first kappa shape index (κ1) is 80.9. The van der Waals surface area contributed by atoms with E-state index in [0.29, 0.717) is 0 Å². The molecule has 0 unspecified atom stereocenters. The lowest BCUT2D eigenvalue weighted by molar-refractivity contribution is -0.144. The first-order valence-corrected chi connectivity index (χ1v) is 28.2. The van der Waals surface area contributed by atoms with Crippen LogP contribution in [0.25, 0.3) is 0 Å². The van der Waals surface area contributed by atoms with Gasteiger partial charge in [-0.3, -0.25) is 86.3 Å². The standard InChI is InChI=1S/C53H76N14O27/c1-23(2)13-29(48(88)67-34(22-68)53(93)94)62-51(91)33(17-44(83)84)66-49(89)30(14-24-3-5-25(69)6-4-24)63-52(92)32(16-43(81)82)65-46(86)27(7-10-35(55)70)61-50(90)31(15-42(79)80)64-47(87)28(9-12-41(77)78)60-45(85)26(8-11-40(75)76)59-39(74)21-58-38(73)20-57-37(72)19-56-36(71)18-54/h3-6,23,26-34,68-69H,7-22,54H2,1-2H3,(H2,55,70)(H,56,71)(H,57,72)(H,58,73)(H,59,74)(H,60,85)(H,61,90)(H,62,91)(H,63,92)(H,64,87)(H,65,86)(H,66,89)(H,67,88)(H,75,76)(H,77,78)(H,79,80)(H,81,82)(H,83,84)(H,93,94)/t26-,27-,28-,29-,30-,31-,32-,33-,34-/m0/s1. The molecule has 0 spiro atoms. The van der Waals surface area contributed by atoms with Crippen molar-refractivity contribution in [3.8, 4) is 5.75 Å². The topological polar surface area (TPSA) is 683 Å². The molecule has 1 aromatic rings. The van der Waals surface area contributed by atoms with Gasteiger partial charge in [-0.1, -0.05) is 26.0 Å². The number of phenols is 1. The number of nitrogens with two attached hydrogens (primary N) is 2. The summed E-state index contributed by atoms with van der Waals surface area (Å²) >= 11 is 0. The minimum absolute atomic E-state index is 0.121. The van der Waals surface area contributed by atoms with Gasteiger partial charge in [-0.25, -0.2) is 4.79 Å². The second-order valence-electron chi connectivity index (χ2n) is 20.8. The molecule has 0 aliphatic rings. The van der Waals surface area contributed by atoms with E-state index in [9.17, 15) is 132 Å². The molecule has 41 nitrogen and oxygen atoms in total. The number of phenolic OH excluding ortho intramolecular Hbond substituents is 1. The summed E-state index contributed by atoms with van der Waals surface area (Å²) in [6, 6.07) is -13.5. The fraction of sp³-hybridized carbons (Fsp3) is 0.528. The van der Waals surface area contributed by atoms with Crippen molar-refractivity contribution in [2.45, 2.75) is 139 Å². The summed E-state index contributed by atoms with van der Waals surface area (Å²) in [5, 5.41) is 102. The summed E-state index contributed by atoms with van der Waals surface area (Å²) in [5.74, 6) is -27.2. The quantitative estimate of drug-likeness (QED) is 0.0288. The fourth-order valence-corrected chi connectivity index (χ4v) is 7.90. The Labute approximate surface area is 531 Å². The number of carboxylic acids is 6. The minimum Gasteiger partial charge on any atom is -0.508 e. The van der Waals surface area contributed by atoms with Gasteiger partial charge in [-0.2, -0.15) is 0 Å². The van der Waals surface area contributed by atoms with E-state index in [-0.39, 0.29) is 17.7 Å². The van der Waals surface area contributed by atoms with E-state index in [0.717, 1.165) is 12.1 Å². The molecule has 0 aliphatic carbocycles. The molecule has 0 aromatic heterocycles. The number of nitrogens with one attached hydrogen (secondary N) is 12. The van der Waals surface area contributed by atoms with Crippen molar-refractivity contribution < 1.29 is 132 Å². The number of hydrogen-bond acceptors (Lipinski definition) is 22. The van der Waals surface area contributed by atoms with Gasteiger partial charge >= 0.3 is 35.8 Å². The predicted molar refractivity (Wildman–Crippen MR) is 310 cm³/mol. The Hall–Kier alpha value is -11.1. The van der Waals surface area contributed by atoms with Crippen LogP contribution in [0.5, 0.6) is 5.75 Å². The number of hydrogen-bond donors (Lipinski definition) is 22. The Bertz CT molecular complexity index is 2960. The smallest absolute Gasteiger partial charge is 0.328 e. The zero-order valence-corrected chi connectivity index (χ0v) is 50.4. The van der Waals surface area contributed by atoms with Crippen molar-refractivity contribution >= 4 is 113 Å². The van der Waals surface area contributed by atoms with Crippen LogP contribution in [-0.2, 0) is 97.5 Å². The number of aliphatic hydroxyl groups excluding tert-OH is 1. The van der Waals surface area contributed by atoms with Crippen molar-refractivity contribution in [1.29, 1.82) is 0 Å². The van der Waals surface area contributed by atoms with Crippen LogP contribution in [0.1, 0.15) is 83.6 Å². The third-order valence-electron chi connectivity index (χ3n) is 12.6. The highest BCUT2D eigenvalue weighted by molar-refractivity contribution is 6.01. The zero-order chi connectivity index (χ0) is 71.5. The summed E-state index contributed by atoms with van der Waals surface area (Å²) in [7, 11) is 0. The Balaban J connectivity index is 3.65. The number of benzene rings is 1. The number of primary amides is 1. The maximum absolute atomic E-state index is 14.1. The summed E-state index contributed by atoms with van der Waals surface area (Å²) < 4.78 is 0. The highest BCUT2D eigenvalue weighted by atomic mass is 16.4. The molecule has 13 amide bonds. The normalized spacial score (nSPS) is 13.6. The van der Waals surface area contributed by atoms with Crippen LogP contribution >= 0.6 is 0 Å². The first-order chi connectivity index (χ1) is 43.9. The molecule has 41 heteroatoms. The minimum atomic E-state index is -2.32. The van der Waals surface area contributed by atoms with Crippen LogP contribution in [0, 0.1) is 5.92 Å². The molecule has 0 radical (unpaired) electrons. The van der Waals surface area contributed by atoms with Crippen LogP contribution in [-0.4, -0.2) is 241 Å². The number of aliphatic carboxylic acids is 6. The molecule has 9 atom stereocenters. The monoisotopic (exact) mass is 1340 g/mol. The van der Waals surface area contributed by atoms with Gasteiger partial charge in [0, 0.05) is 25.7 Å². The highest BCUT2D eigenvalue weighted by Crippen LogP contribution is 2.14. The van der Waals surface area contributed by atoms with Gasteiger partial charge in [0.2, 0.25) is 76.8 Å². The predicted octanol–water partition coefficient (Wildman–Crippen LogP) is -9.85. The summed E-state index contributed by atoms with van der Waals surface area (Å²) in [5.41, 5.74) is 10.5. The summed E-state index contributed by atoms with van der Waals surface area (Å²) in [4.78, 5) is 242. The molecule has 0 bridgehead atoms. The Morgan fingerprint density at radius 1 is 0.394 bits per heavy atom. The molecule has 24 N–H and O–H groups in total. The van der Waals surface area contributed by atoms with Gasteiger partial charge in [-0.05, 0) is 49.3 Å². The van der Waals surface area contributed by atoms with E-state index in [4.69, 9.17) is 11.5 Å². The Kier molecular flexibility index (Phi) is 35.5. The van der Waals surface area contributed by atoms with E-state index >= 15 is 0 Å². The lowest BCUT2D eigenvalue weighted by atomic mass is 10.0. The van der Waals surface area contributed by atoms with Crippen molar-refractivity contribution in [1.82, 2.24) is 63.8 Å². The van der Waals surface area contributed by atoms with Gasteiger partial charge in [0.05, 0.1) is 52.0 Å². The maximum atomic E-state index is 14.1. The fourth-order valence-electron chi connectivity index (χ4n) is 7.90. The van der Waals surface area contributed by atoms with Crippen LogP contribution in [0.2, 0.25) is 0 Å². The number of carbonyl (C=O) groups excluding carboxylic acids is 13. The SMILES string of the molecule is CC(C)C[C@H](NC(=O)[C@H](CC(=O)O)NC(=O)[C@H](Cc1ccc(O)cc1)NC(=O)[C@H](CC(=O)O)NC(=O)[C@H](CCC(N)=O)NC(=O)[C@H](CC(=O)O)NC(=O)[C@H](CCC(=O)O)NC(=O)[C@H](CCC(=O)O)NC(=O)CNC(=O)CNC(=O)CNC(=O)CN)C(=O)N[C@@H](CO)C(=O)O. The van der Waals surface area contributed by atoms with E-state index in [1.54, 1.807) is 13.8 Å². The Morgan fingerprint density at radius 2 is 0.713 bits per heavy atom. The molecule has 0 heterocycles. The number of aliphatic hydroxyl groups is 1. The number of carbonyl (C=O) groups is 19. The van der Waals surface area contributed by atoms with Crippen molar-refractivity contribution in [3.63, 3.8) is 0 Å². The molecule has 94 heavy (non-hydrogen) atoms. The Morgan fingerprint density at radius 3 is 1.07 bits per heavy atom. The molecule has 0 aliphatic heterocycles. The summed E-state index contributed by atoms with van der Waals surface area (Å²) in [6.07, 6.45) is -9.79. The van der Waals surface area contributed by atoms with E-state index in [1.807, 2.05) is 21.3 Å². The number of rotatable bonds is 45. The molecular weight excluding hydrogens is 1260 g/mol. The molecule has 520 valence electrons. The molecule has 0 saturated carbocycles. The summed E-state index contributed by atoms with van der Waals surface area (Å²) in [6.45, 7) is -0.565. The van der Waals surface area contributed by atoms with Crippen LogP contribution < -0.4 is 75.3 Å². The van der Waals surface area contributed by atoms with E-state index in [2.05, 4.69) is 42.5 Å². The lowest BCUT2D eigenvalue weighted by Gasteiger charge is -2.28. The molecular formula is C53H76N14O27. The number of carboxylic acid groups (broad SMARTS) is 6. The first-order valence-electron chi connectivity index (χ1n) is 28.2. The second kappa shape index (κ2) is 41.3. The lowest BCUT2D eigenvalue weighted by Crippen LogP contribution is -2.61. The molecule has 1 aromatic carbocycles. The van der Waals surface area contributed by atoms with Crippen LogP contribution in [0.4, 0.5) is 0 Å². The maximum Gasteiger partial charge on any atom is 0.328 e. The molecule has 1 rings (SSSR count). The average molecular weight is 1340 g/mol. The van der Waals surface area contributed by atoms with Gasteiger partial charge in [0.15, 0.2) is 0 Å². The highest BCUT2D eigenvalue weighted by Gasteiger charge is 2.38. The van der Waals surface area contributed by atoms with Gasteiger partial charge in [0.1, 0.15) is 60.1 Å². The van der Waals surface area contributed by atoms with Crippen LogP contribution in [0.15, 0.2) is 24.3 Å². The van der Waals surface area contributed by atoms with Gasteiger partial charge in [0.25, 0.3) is 0 Å². The van der Waals surface area contributed by atoms with Gasteiger partial charge < -0.3 is 116 Å². The van der Waals surface area contributed by atoms with Crippen molar-refractivity contribution in [2.75, 3.05) is 32.8 Å². The van der Waals surface area contributed by atoms with Crippen LogP contribution in [0.3, 0.4) is 0 Å². The van der Waals surface area contributed by atoms with E-state index in [1.165, 1.54) is 12.1 Å². The zero-order valence-electron chi connectivity index (χ0n) is 50.4. The number of amides is 13. The third kappa shape index (κ3) is 33.1. The average Bonchev–Trinajstić information content (AvgIpc) is 0.874. The van der Waals surface area contributed by atoms with Crippen molar-refractivity contribution in [2.24, 2.45) is 17.4 Å². The van der Waals surface area contributed by atoms with Gasteiger partial charge in [-0.15, -0.1) is 0 Å². The van der Waals surface area contributed by atoms with Crippen molar-refractivity contribution in [3.05, 3.63) is 29.8 Å². The largest absolute Gasteiger partial charge is 0.508 e. The second-order valence-corrected chi connectivity index (χ2v) is 20.8. The number of aromatic hydroxyl groups is 1. The molecule has 0 saturated heterocycles. The molecule has 0 fully saturated rings. The third-order valence-corrected chi connectivity index (χ3v) is 12.6. The van der Waals surface area contributed by atoms with E-state index < -0.39 is 270 Å².